The van der Waals surface area contributed by atoms with Crippen LogP contribution in [0.15, 0.2) is 18.2 Å². The van der Waals surface area contributed by atoms with Crippen LogP contribution in [0.3, 0.4) is 0 Å². The Labute approximate surface area is 97.6 Å². The Morgan fingerprint density at radius 1 is 1.35 bits per heavy atom. The van der Waals surface area contributed by atoms with Crippen molar-refractivity contribution in [2.45, 2.75) is 19.0 Å². The van der Waals surface area contributed by atoms with Gasteiger partial charge in [-0.3, -0.25) is 0 Å². The second kappa shape index (κ2) is 4.56. The molecule has 1 atom stereocenters. The van der Waals surface area contributed by atoms with Crippen molar-refractivity contribution < 1.29 is 17.9 Å². The number of ether oxygens (including phenoxy) is 1. The average molecular weight is 245 g/mol. The zero-order valence-corrected chi connectivity index (χ0v) is 9.26. The highest BCUT2D eigenvalue weighted by Gasteiger charge is 2.38. The van der Waals surface area contributed by atoms with Gasteiger partial charge < -0.3 is 10.5 Å². The molecule has 2 rings (SSSR count). The van der Waals surface area contributed by atoms with E-state index in [2.05, 4.69) is 0 Å². The SMILES string of the molecule is NCC(Cc1ccc2c(c1)CCO2)C(F)(F)F. The number of benzene rings is 1. The van der Waals surface area contributed by atoms with Crippen LogP contribution < -0.4 is 10.5 Å². The Morgan fingerprint density at radius 2 is 2.12 bits per heavy atom. The van der Waals surface area contributed by atoms with Crippen molar-refractivity contribution in [1.82, 2.24) is 0 Å². The van der Waals surface area contributed by atoms with Gasteiger partial charge >= 0.3 is 6.18 Å². The van der Waals surface area contributed by atoms with Crippen LogP contribution in [0.25, 0.3) is 0 Å². The molecule has 1 unspecified atom stereocenters. The number of rotatable bonds is 3. The highest BCUT2D eigenvalue weighted by atomic mass is 19.4. The normalized spacial score (nSPS) is 16.5. The number of hydrogen-bond acceptors (Lipinski definition) is 2. The molecule has 17 heavy (non-hydrogen) atoms. The summed E-state index contributed by atoms with van der Waals surface area (Å²) >= 11 is 0. The lowest BCUT2D eigenvalue weighted by Gasteiger charge is -2.18. The lowest BCUT2D eigenvalue weighted by atomic mass is 9.97. The summed E-state index contributed by atoms with van der Waals surface area (Å²) in [7, 11) is 0. The third kappa shape index (κ3) is 2.72. The second-order valence-corrected chi connectivity index (χ2v) is 4.22. The van der Waals surface area contributed by atoms with E-state index in [1.165, 1.54) is 0 Å². The molecule has 1 aromatic rings. The van der Waals surface area contributed by atoms with E-state index in [1.807, 2.05) is 0 Å². The third-order valence-corrected chi connectivity index (χ3v) is 2.98. The van der Waals surface area contributed by atoms with E-state index in [0.29, 0.717) is 12.2 Å². The van der Waals surface area contributed by atoms with E-state index < -0.39 is 12.1 Å². The Kier molecular flexibility index (Phi) is 3.28. The van der Waals surface area contributed by atoms with Gasteiger partial charge in [0.25, 0.3) is 0 Å². The van der Waals surface area contributed by atoms with Gasteiger partial charge in [-0.1, -0.05) is 12.1 Å². The molecule has 0 aromatic heterocycles. The van der Waals surface area contributed by atoms with Crippen LogP contribution in [0.4, 0.5) is 13.2 Å². The number of hydrogen-bond donors (Lipinski definition) is 1. The summed E-state index contributed by atoms with van der Waals surface area (Å²) < 4.78 is 43.0. The number of nitrogens with two attached hydrogens (primary N) is 1. The van der Waals surface area contributed by atoms with Crippen molar-refractivity contribution in [2.24, 2.45) is 11.7 Å². The first-order valence-electron chi connectivity index (χ1n) is 5.52. The molecule has 1 aromatic carbocycles. The Balaban J connectivity index is 2.13. The minimum absolute atomic E-state index is 0.0622. The molecule has 5 heteroatoms. The minimum atomic E-state index is -4.23. The van der Waals surface area contributed by atoms with Crippen molar-refractivity contribution in [3.63, 3.8) is 0 Å². The fourth-order valence-corrected chi connectivity index (χ4v) is 1.98. The van der Waals surface area contributed by atoms with Crippen LogP contribution >= 0.6 is 0 Å². The molecule has 1 aliphatic rings. The largest absolute Gasteiger partial charge is 0.493 e. The first kappa shape index (κ1) is 12.2. The highest BCUT2D eigenvalue weighted by Crippen LogP contribution is 2.31. The van der Waals surface area contributed by atoms with E-state index in [1.54, 1.807) is 18.2 Å². The predicted molar refractivity (Wildman–Crippen MR) is 57.9 cm³/mol. The van der Waals surface area contributed by atoms with Gasteiger partial charge in [0.2, 0.25) is 0 Å². The molecule has 0 spiro atoms. The van der Waals surface area contributed by atoms with Crippen molar-refractivity contribution in [3.05, 3.63) is 29.3 Å². The number of fused-ring (bicyclic) bond motifs is 1. The Bertz CT molecular complexity index is 403. The molecule has 1 heterocycles. The lowest BCUT2D eigenvalue weighted by Crippen LogP contribution is -2.31. The van der Waals surface area contributed by atoms with Crippen LogP contribution in [0.5, 0.6) is 5.75 Å². The maximum atomic E-state index is 12.6. The Hall–Kier alpha value is -1.23. The van der Waals surface area contributed by atoms with Gasteiger partial charge in [0.15, 0.2) is 0 Å². The topological polar surface area (TPSA) is 35.2 Å². The van der Waals surface area contributed by atoms with E-state index in [9.17, 15) is 13.2 Å². The second-order valence-electron chi connectivity index (χ2n) is 4.22. The summed E-state index contributed by atoms with van der Waals surface area (Å²) in [6.45, 7) is 0.232. The molecular formula is C12H14F3NO. The molecule has 0 saturated carbocycles. The van der Waals surface area contributed by atoms with E-state index in [4.69, 9.17) is 10.5 Å². The van der Waals surface area contributed by atoms with Gasteiger partial charge in [0.1, 0.15) is 5.75 Å². The molecule has 0 fully saturated rings. The van der Waals surface area contributed by atoms with Gasteiger partial charge in [-0.15, -0.1) is 0 Å². The fourth-order valence-electron chi connectivity index (χ4n) is 1.98. The van der Waals surface area contributed by atoms with Gasteiger partial charge in [0.05, 0.1) is 12.5 Å². The van der Waals surface area contributed by atoms with Crippen molar-refractivity contribution in [1.29, 1.82) is 0 Å². The van der Waals surface area contributed by atoms with Crippen molar-refractivity contribution in [2.75, 3.05) is 13.2 Å². The maximum absolute atomic E-state index is 12.6. The minimum Gasteiger partial charge on any atom is -0.493 e. The highest BCUT2D eigenvalue weighted by molar-refractivity contribution is 5.39. The van der Waals surface area contributed by atoms with Crippen LogP contribution in [-0.2, 0) is 12.8 Å². The molecule has 0 saturated heterocycles. The molecule has 0 radical (unpaired) electrons. The summed E-state index contributed by atoms with van der Waals surface area (Å²) in [6, 6.07) is 5.21. The van der Waals surface area contributed by atoms with Gasteiger partial charge in [-0.25, -0.2) is 0 Å². The molecule has 0 aliphatic carbocycles. The monoisotopic (exact) mass is 245 g/mol. The summed E-state index contributed by atoms with van der Waals surface area (Å²) in [5.74, 6) is -0.687. The van der Waals surface area contributed by atoms with Gasteiger partial charge in [-0.05, 0) is 23.6 Å². The van der Waals surface area contributed by atoms with Gasteiger partial charge in [-0.2, -0.15) is 13.2 Å². The molecule has 2 N–H and O–H groups in total. The third-order valence-electron chi connectivity index (χ3n) is 2.98. The smallest absolute Gasteiger partial charge is 0.393 e. The standard InChI is InChI=1S/C12H14F3NO/c13-12(14,15)10(7-16)6-8-1-2-11-9(5-8)3-4-17-11/h1-2,5,10H,3-4,6-7,16H2. The molecular weight excluding hydrogens is 231 g/mol. The van der Waals surface area contributed by atoms with E-state index in [-0.39, 0.29) is 13.0 Å². The fraction of sp³-hybridized carbons (Fsp3) is 0.500. The van der Waals surface area contributed by atoms with Crippen LogP contribution in [-0.4, -0.2) is 19.3 Å². The van der Waals surface area contributed by atoms with Gasteiger partial charge in [0, 0.05) is 13.0 Å². The molecule has 0 bridgehead atoms. The predicted octanol–water partition coefficient (Wildman–Crippen LogP) is 2.30. The Morgan fingerprint density at radius 3 is 2.76 bits per heavy atom. The van der Waals surface area contributed by atoms with E-state index in [0.717, 1.165) is 17.7 Å². The average Bonchev–Trinajstić information content (AvgIpc) is 2.71. The zero-order chi connectivity index (χ0) is 12.5. The first-order chi connectivity index (χ1) is 8.00. The summed E-state index contributed by atoms with van der Waals surface area (Å²) in [4.78, 5) is 0. The summed E-state index contributed by atoms with van der Waals surface area (Å²) in [5, 5.41) is 0. The van der Waals surface area contributed by atoms with Crippen LogP contribution in [0.1, 0.15) is 11.1 Å². The van der Waals surface area contributed by atoms with Crippen LogP contribution in [0.2, 0.25) is 0 Å². The summed E-state index contributed by atoms with van der Waals surface area (Å²) in [6.07, 6.45) is -3.53. The van der Waals surface area contributed by atoms with Crippen molar-refractivity contribution in [3.8, 4) is 5.75 Å². The lowest BCUT2D eigenvalue weighted by molar-refractivity contribution is -0.171. The van der Waals surface area contributed by atoms with Crippen LogP contribution in [0, 0.1) is 5.92 Å². The van der Waals surface area contributed by atoms with E-state index >= 15 is 0 Å². The first-order valence-corrected chi connectivity index (χ1v) is 5.52. The maximum Gasteiger partial charge on any atom is 0.393 e. The quantitative estimate of drug-likeness (QED) is 0.886. The van der Waals surface area contributed by atoms with Crippen molar-refractivity contribution >= 4 is 0 Å². The molecule has 2 nitrogen and oxygen atoms in total. The number of halogens is 3. The molecule has 94 valence electrons. The zero-order valence-electron chi connectivity index (χ0n) is 9.26. The summed E-state index contributed by atoms with van der Waals surface area (Å²) in [5.41, 5.74) is 6.83. The number of alkyl halides is 3. The molecule has 1 aliphatic heterocycles. The molecule has 0 amide bonds.